The summed E-state index contributed by atoms with van der Waals surface area (Å²) in [5, 5.41) is 28.5. The molecule has 0 aliphatic carbocycles. The van der Waals surface area contributed by atoms with Crippen LogP contribution < -0.4 is 16.4 Å². The predicted octanol–water partition coefficient (Wildman–Crippen LogP) is 14.6. The first kappa shape index (κ1) is 73.5. The molecular formula is C75H83Br3N10O11. The van der Waals surface area contributed by atoms with Crippen LogP contribution in [0.15, 0.2) is 210 Å². The maximum absolute atomic E-state index is 12.7. The monoisotopic (exact) mass is 1540 g/mol. The highest BCUT2D eigenvalue weighted by atomic mass is 79.9. The van der Waals surface area contributed by atoms with Gasteiger partial charge in [0.2, 0.25) is 0 Å². The molecule has 0 unspecified atom stereocenters. The number of aromatic nitrogens is 4. The topological polar surface area (TPSA) is 239 Å². The minimum absolute atomic E-state index is 0. The smallest absolute Gasteiger partial charge is 0.338 e. The molecule has 10 heterocycles. The average molecular weight is 1540 g/mol. The van der Waals surface area contributed by atoms with Crippen molar-refractivity contribution in [1.82, 2.24) is 39.6 Å². The van der Waals surface area contributed by atoms with Crippen molar-refractivity contribution in [2.24, 2.45) is 0 Å². The molecule has 16 rings (SSSR count). The van der Waals surface area contributed by atoms with Crippen molar-refractivity contribution >= 4 is 115 Å². The van der Waals surface area contributed by atoms with Gasteiger partial charge < -0.3 is 58.1 Å². The molecule has 0 spiro atoms. The number of alkyl halides is 1. The van der Waals surface area contributed by atoms with Gasteiger partial charge in [-0.05, 0) is 71.8 Å². The second-order valence-electron chi connectivity index (χ2n) is 23.5. The number of benzene rings is 6. The molecule has 0 saturated carbocycles. The fourth-order valence-electron chi connectivity index (χ4n) is 11.2. The average Bonchev–Trinajstić information content (AvgIpc) is 1.71. The van der Waals surface area contributed by atoms with Gasteiger partial charge in [0.25, 0.3) is 5.91 Å². The van der Waals surface area contributed by atoms with Gasteiger partial charge in [0.05, 0.1) is 115 Å². The fraction of sp³-hybridized carbons (Fsp3) is 0.307. The number of carboxylic acids is 1. The third-order valence-corrected chi connectivity index (χ3v) is 18.1. The maximum Gasteiger partial charge on any atom is 0.338 e. The number of nitrogen functional groups attached to an aromatic ring is 1. The molecule has 6 aromatic heterocycles. The van der Waals surface area contributed by atoms with Crippen molar-refractivity contribution in [1.29, 1.82) is 0 Å². The Balaban J connectivity index is 0.000000136. The highest BCUT2D eigenvalue weighted by Gasteiger charge is 2.19. The Kier molecular flexibility index (Phi) is 28.1. The first-order valence-corrected chi connectivity index (χ1v) is 35.2. The number of morpholine rings is 4. The number of nitrogens with two attached hydrogens (primary N) is 1. The number of carboxylic acid groups (broad SMARTS) is 1. The molecule has 4 aliphatic rings. The molecule has 520 valence electrons. The number of carbonyl (C=O) groups excluding carboxylic acids is 1. The molecule has 1 amide bonds. The van der Waals surface area contributed by atoms with Crippen LogP contribution in [0, 0.1) is 0 Å². The first-order chi connectivity index (χ1) is 48.0. The van der Waals surface area contributed by atoms with Crippen molar-refractivity contribution in [2.75, 3.05) is 116 Å². The number of hydrogen-bond donors (Lipinski definition) is 4. The Bertz CT molecular complexity index is 4330. The van der Waals surface area contributed by atoms with Gasteiger partial charge in [-0.3, -0.25) is 28.9 Å². The molecule has 5 N–H and O–H groups in total. The molecule has 21 nitrogen and oxygen atoms in total. The Labute approximate surface area is 600 Å². The molecule has 6 aromatic carbocycles. The van der Waals surface area contributed by atoms with Gasteiger partial charge in [0, 0.05) is 166 Å². The molecule has 4 saturated heterocycles. The third kappa shape index (κ3) is 21.9. The zero-order valence-electron chi connectivity index (χ0n) is 54.2. The van der Waals surface area contributed by atoms with Crippen LogP contribution >= 0.6 is 47.8 Å². The summed E-state index contributed by atoms with van der Waals surface area (Å²) in [7, 11) is 0. The lowest BCUT2D eigenvalue weighted by atomic mass is 10.1. The molecule has 0 bridgehead atoms. The SMILES string of the molecule is BrCc1coc2cc(Br)ccc12.Brc1ccc2c(CN3CCOCC3)coc2c1.C.C1COCCN1.Nc1ccc2c(CN3CCOCC3)coc2c1.O=C(Nc1ccc2c(CN3CCOCC3)coc2c1)c1cnn(Cc2ccccc2)c1.O=C(O)c1cnn(Cc2ccccc2)c1. The highest BCUT2D eigenvalue weighted by molar-refractivity contribution is 9.10. The number of amides is 1. The molecule has 4 aliphatic heterocycles. The maximum atomic E-state index is 12.7. The van der Waals surface area contributed by atoms with E-state index in [4.69, 9.17) is 47.5 Å². The van der Waals surface area contributed by atoms with E-state index in [1.807, 2.05) is 128 Å². The van der Waals surface area contributed by atoms with Crippen molar-refractivity contribution in [3.63, 3.8) is 0 Å². The van der Waals surface area contributed by atoms with Gasteiger partial charge in [-0.25, -0.2) is 4.79 Å². The largest absolute Gasteiger partial charge is 0.478 e. The van der Waals surface area contributed by atoms with Gasteiger partial charge in [-0.1, -0.05) is 116 Å². The summed E-state index contributed by atoms with van der Waals surface area (Å²) in [4.78, 5) is 30.4. The van der Waals surface area contributed by atoms with Gasteiger partial charge >= 0.3 is 5.97 Å². The van der Waals surface area contributed by atoms with Crippen molar-refractivity contribution in [2.45, 2.75) is 45.5 Å². The molecular weight excluding hydrogens is 1460 g/mol. The summed E-state index contributed by atoms with van der Waals surface area (Å²) in [6, 6.07) is 43.6. The van der Waals surface area contributed by atoms with Crippen LogP contribution in [0.25, 0.3) is 43.9 Å². The van der Waals surface area contributed by atoms with E-state index < -0.39 is 5.97 Å². The quantitative estimate of drug-likeness (QED) is 0.0584. The van der Waals surface area contributed by atoms with Crippen LogP contribution in [0.3, 0.4) is 0 Å². The molecule has 0 atom stereocenters. The van der Waals surface area contributed by atoms with Crippen molar-refractivity contribution < 1.29 is 51.3 Å². The number of rotatable bonds is 14. The lowest BCUT2D eigenvalue weighted by Gasteiger charge is -2.26. The van der Waals surface area contributed by atoms with Crippen LogP contribution in [0.4, 0.5) is 11.4 Å². The van der Waals surface area contributed by atoms with Crippen molar-refractivity contribution in [3.8, 4) is 0 Å². The van der Waals surface area contributed by atoms with E-state index in [1.165, 1.54) is 39.9 Å². The predicted molar refractivity (Wildman–Crippen MR) is 396 cm³/mol. The van der Waals surface area contributed by atoms with Gasteiger partial charge in [-0.2, -0.15) is 10.2 Å². The number of aromatic carboxylic acids is 1. The molecule has 24 heteroatoms. The minimum atomic E-state index is -0.950. The van der Waals surface area contributed by atoms with Crippen LogP contribution in [-0.4, -0.2) is 156 Å². The molecule has 4 fully saturated rings. The number of nitrogens with one attached hydrogen (secondary N) is 2. The van der Waals surface area contributed by atoms with Crippen LogP contribution in [0.1, 0.15) is 61.5 Å². The number of ether oxygens (including phenoxy) is 4. The molecule has 99 heavy (non-hydrogen) atoms. The molecule has 0 radical (unpaired) electrons. The summed E-state index contributed by atoms with van der Waals surface area (Å²) in [5.74, 6) is -1.15. The van der Waals surface area contributed by atoms with E-state index in [-0.39, 0.29) is 18.9 Å². The molecule has 12 aromatic rings. The van der Waals surface area contributed by atoms with E-state index in [0.717, 1.165) is 195 Å². The normalized spacial score (nSPS) is 15.0. The lowest BCUT2D eigenvalue weighted by molar-refractivity contribution is 0.0342. The summed E-state index contributed by atoms with van der Waals surface area (Å²) in [6.45, 7) is 18.4. The van der Waals surface area contributed by atoms with Gasteiger partial charge in [-0.15, -0.1) is 0 Å². The van der Waals surface area contributed by atoms with Gasteiger partial charge in [0.1, 0.15) is 22.3 Å². The van der Waals surface area contributed by atoms with Gasteiger partial charge in [0.15, 0.2) is 0 Å². The Hall–Kier alpha value is -8.24. The Morgan fingerprint density at radius 2 is 0.879 bits per heavy atom. The minimum Gasteiger partial charge on any atom is -0.478 e. The van der Waals surface area contributed by atoms with Crippen LogP contribution in [-0.2, 0) is 57.0 Å². The Morgan fingerprint density at radius 1 is 0.485 bits per heavy atom. The number of furan rings is 4. The van der Waals surface area contributed by atoms with Crippen LogP contribution in [0.5, 0.6) is 0 Å². The number of anilines is 2. The standard InChI is InChI=1S/C24H24N4O3.C13H14BrNO2.C13H16N2O2.C11H10N2O2.C9H6Br2O.C4H9NO.CH4/c29-24(19-13-25-28(16-19)14-18-4-2-1-3-5-18)26-21-6-7-22-20(17-31-23(22)12-21)15-27-8-10-30-11-9-27;2*14-11-1-2-12-10(9-17-13(12)7-11)8-15-3-5-16-6-4-15;14-11(15)10-6-12-13(8-10)7-9-4-2-1-3-5-9;10-4-6-5-12-9-3-7(11)1-2-8(6)9;1-3-6-4-2-5-1;/h1-7,12-13,16-17H,8-11,14-15H2,(H,26,29);1-2,7,9H,3-6,8H2;1-2,7,9H,3-6,8,14H2;1-6,8H,7H2,(H,14,15);1-3,5H,4H2;5H,1-4H2;1H4. The van der Waals surface area contributed by atoms with Crippen molar-refractivity contribution in [3.05, 3.63) is 237 Å². The first-order valence-electron chi connectivity index (χ1n) is 32.5. The summed E-state index contributed by atoms with van der Waals surface area (Å²) in [5.41, 5.74) is 18.5. The zero-order chi connectivity index (χ0) is 67.8. The fourth-order valence-corrected chi connectivity index (χ4v) is 12.3. The zero-order valence-corrected chi connectivity index (χ0v) is 59.0. The summed E-state index contributed by atoms with van der Waals surface area (Å²) >= 11 is 10.2. The number of fused-ring (bicyclic) bond motifs is 4. The van der Waals surface area contributed by atoms with E-state index >= 15 is 0 Å². The highest BCUT2D eigenvalue weighted by Crippen LogP contribution is 2.30. The number of carbonyl (C=O) groups is 2. The summed E-state index contributed by atoms with van der Waals surface area (Å²) < 4.78 is 48.8. The second kappa shape index (κ2) is 37.8. The van der Waals surface area contributed by atoms with Crippen LogP contribution in [0.2, 0.25) is 0 Å². The summed E-state index contributed by atoms with van der Waals surface area (Å²) in [6.07, 6.45) is 13.5. The number of halogens is 3. The third-order valence-electron chi connectivity index (χ3n) is 16.5. The van der Waals surface area contributed by atoms with E-state index in [9.17, 15) is 9.59 Å². The Morgan fingerprint density at radius 3 is 1.30 bits per heavy atom. The van der Waals surface area contributed by atoms with E-state index in [1.54, 1.807) is 34.3 Å². The number of hydrogen-bond acceptors (Lipinski definition) is 17. The second-order valence-corrected chi connectivity index (χ2v) is 25.9. The lowest BCUT2D eigenvalue weighted by Crippen LogP contribution is -2.35. The van der Waals surface area contributed by atoms with E-state index in [0.29, 0.717) is 24.3 Å². The number of nitrogens with zero attached hydrogens (tertiary/aromatic N) is 7. The van der Waals surface area contributed by atoms with E-state index in [2.05, 4.69) is 102 Å².